The highest BCUT2D eigenvalue weighted by atomic mass is 28.3. The van der Waals surface area contributed by atoms with Crippen molar-refractivity contribution in [2.75, 3.05) is 0 Å². The van der Waals surface area contributed by atoms with Crippen molar-refractivity contribution in [3.05, 3.63) is 174 Å². The number of hydrogen-bond acceptors (Lipinski definition) is 5. The van der Waals surface area contributed by atoms with Crippen molar-refractivity contribution in [3.8, 4) is 41.8 Å². The molecular weight excluding hydrogens is 891 g/mol. The SMILES string of the molecule is CC(C)(C)c1cc2cc(c1)/C(C#N)=C/c1cc(cc(C(C)(C)C)c1)/C(C#N)=C/c1cc(cc(C(C)(C)C)c1)/C(C#N)=C/c1cc(cc(C(C)(C)C)c1)/C(C#N)=C/c1cc(C#C[Si](C)(C)C)cc(c1)/C(C#N)=C/2. The number of rotatable bonds is 0. The molecule has 0 heterocycles. The summed E-state index contributed by atoms with van der Waals surface area (Å²) in [5.74, 6) is 3.41. The minimum absolute atomic E-state index is 0.303. The third-order valence-electron chi connectivity index (χ3n) is 12.5. The first kappa shape index (κ1) is 53.4. The van der Waals surface area contributed by atoms with Gasteiger partial charge in [-0.3, -0.25) is 0 Å². The molecule has 72 heavy (non-hydrogen) atoms. The Labute approximate surface area is 431 Å². The van der Waals surface area contributed by atoms with Crippen molar-refractivity contribution in [2.45, 2.75) is 124 Å². The molecule has 0 radical (unpaired) electrons. The number of nitrogens with zero attached hydrogens (tertiary/aromatic N) is 5. The summed E-state index contributed by atoms with van der Waals surface area (Å²) in [6.45, 7) is 32.1. The van der Waals surface area contributed by atoms with Crippen LogP contribution in [-0.2, 0) is 21.7 Å². The van der Waals surface area contributed by atoms with E-state index < -0.39 is 8.07 Å². The van der Waals surface area contributed by atoms with E-state index in [1.54, 1.807) is 0 Å². The summed E-state index contributed by atoms with van der Waals surface area (Å²) in [5.41, 5.74) is 16.2. The molecule has 0 fully saturated rings. The topological polar surface area (TPSA) is 119 Å². The molecule has 0 saturated carbocycles. The van der Waals surface area contributed by atoms with Gasteiger partial charge in [-0.25, -0.2) is 0 Å². The number of fused-ring (bicyclic) bond motifs is 10. The third kappa shape index (κ3) is 13.3. The largest absolute Gasteiger partial charge is 0.192 e. The number of hydrogen-bond donors (Lipinski definition) is 0. The molecule has 5 aromatic rings. The maximum Gasteiger partial charge on any atom is 0.129 e. The zero-order chi connectivity index (χ0) is 53.1. The molecule has 0 saturated heterocycles. The Balaban J connectivity index is 1.81. The Morgan fingerprint density at radius 2 is 0.528 bits per heavy atom. The van der Waals surface area contributed by atoms with Crippen molar-refractivity contribution in [1.82, 2.24) is 0 Å². The van der Waals surface area contributed by atoms with Crippen LogP contribution in [0.3, 0.4) is 0 Å². The Hall–Kier alpha value is -7.97. The van der Waals surface area contributed by atoms with E-state index in [1.807, 2.05) is 97.1 Å². The lowest BCUT2D eigenvalue weighted by Gasteiger charge is -2.22. The number of nitriles is 5. The maximum atomic E-state index is 11.0. The van der Waals surface area contributed by atoms with Gasteiger partial charge >= 0.3 is 0 Å². The quantitative estimate of drug-likeness (QED) is 0.113. The van der Waals surface area contributed by atoms with Gasteiger partial charge in [-0.2, -0.15) is 26.3 Å². The van der Waals surface area contributed by atoms with Crippen molar-refractivity contribution in [1.29, 1.82) is 26.3 Å². The first-order chi connectivity index (χ1) is 33.5. The molecule has 0 aliphatic heterocycles. The van der Waals surface area contributed by atoms with Crippen LogP contribution in [0.4, 0.5) is 0 Å². The van der Waals surface area contributed by atoms with Gasteiger partial charge in [0, 0.05) is 5.56 Å². The Bertz CT molecular complexity index is 3440. The second-order valence-corrected chi connectivity index (χ2v) is 28.8. The molecule has 0 spiro atoms. The number of benzene rings is 5. The fourth-order valence-corrected chi connectivity index (χ4v) is 8.77. The van der Waals surface area contributed by atoms with Gasteiger partial charge in [0.1, 0.15) is 8.07 Å². The van der Waals surface area contributed by atoms with Crippen molar-refractivity contribution in [3.63, 3.8) is 0 Å². The monoisotopic (exact) mass is 956 g/mol. The molecule has 6 rings (SSSR count). The van der Waals surface area contributed by atoms with Gasteiger partial charge in [0.2, 0.25) is 0 Å². The van der Waals surface area contributed by atoms with Gasteiger partial charge in [-0.05, 0) is 197 Å². The highest BCUT2D eigenvalue weighted by Gasteiger charge is 2.22. The number of allylic oxidation sites excluding steroid dienone is 5. The molecule has 1 aliphatic carbocycles. The fraction of sp³-hybridized carbons (Fsp3) is 0.288. The van der Waals surface area contributed by atoms with Crippen LogP contribution in [0.5, 0.6) is 0 Å². The van der Waals surface area contributed by atoms with Gasteiger partial charge in [0.15, 0.2) is 0 Å². The van der Waals surface area contributed by atoms with E-state index in [2.05, 4.69) is 169 Å². The van der Waals surface area contributed by atoms with E-state index in [0.29, 0.717) is 61.2 Å². The molecule has 0 aromatic heterocycles. The van der Waals surface area contributed by atoms with Crippen molar-refractivity contribution >= 4 is 66.3 Å². The molecule has 5 nitrogen and oxygen atoms in total. The predicted molar refractivity (Wildman–Crippen MR) is 305 cm³/mol. The van der Waals surface area contributed by atoms with Gasteiger partial charge in [0.05, 0.1) is 58.2 Å². The van der Waals surface area contributed by atoms with Crippen LogP contribution in [0.15, 0.2) is 91.0 Å². The Morgan fingerprint density at radius 3 is 0.736 bits per heavy atom. The molecule has 10 bridgehead atoms. The summed E-state index contributed by atoms with van der Waals surface area (Å²) in [6.07, 6.45) is 9.35. The zero-order valence-corrected chi connectivity index (χ0v) is 45.8. The van der Waals surface area contributed by atoms with Crippen LogP contribution in [0.2, 0.25) is 19.6 Å². The van der Waals surface area contributed by atoms with Gasteiger partial charge in [-0.15, -0.1) is 5.54 Å². The molecule has 0 amide bonds. The maximum absolute atomic E-state index is 11.0. The molecule has 0 N–H and O–H groups in total. The van der Waals surface area contributed by atoms with E-state index in [-0.39, 0.29) is 21.7 Å². The second kappa shape index (κ2) is 20.4. The van der Waals surface area contributed by atoms with Crippen LogP contribution in [0.1, 0.15) is 167 Å². The molecule has 5 aromatic carbocycles. The van der Waals surface area contributed by atoms with E-state index >= 15 is 0 Å². The highest BCUT2D eigenvalue weighted by Crippen LogP contribution is 2.36. The summed E-state index contributed by atoms with van der Waals surface area (Å²) in [6, 6.07) is 42.5. The van der Waals surface area contributed by atoms with Gasteiger partial charge in [-0.1, -0.05) is 133 Å². The summed E-state index contributed by atoms with van der Waals surface area (Å²) < 4.78 is 0. The van der Waals surface area contributed by atoms with Crippen LogP contribution in [0.25, 0.3) is 58.2 Å². The second-order valence-electron chi connectivity index (χ2n) is 24.1. The lowest BCUT2D eigenvalue weighted by molar-refractivity contribution is 0.589. The summed E-state index contributed by atoms with van der Waals surface area (Å²) in [4.78, 5) is 0. The van der Waals surface area contributed by atoms with Crippen LogP contribution in [0, 0.1) is 68.1 Å². The molecule has 0 atom stereocenters. The normalized spacial score (nSPS) is 17.1. The molecule has 1 aliphatic rings. The fourth-order valence-electron chi connectivity index (χ4n) is 8.25. The van der Waals surface area contributed by atoms with E-state index in [1.165, 1.54) is 0 Å². The Kier molecular flexibility index (Phi) is 15.1. The molecule has 358 valence electrons. The van der Waals surface area contributed by atoms with E-state index in [0.717, 1.165) is 50.1 Å². The molecule has 6 heteroatoms. The van der Waals surface area contributed by atoms with E-state index in [4.69, 9.17) is 0 Å². The van der Waals surface area contributed by atoms with Crippen LogP contribution in [-0.4, -0.2) is 8.07 Å². The summed E-state index contributed by atoms with van der Waals surface area (Å²) in [5, 5.41) is 54.8. The van der Waals surface area contributed by atoms with E-state index in [9.17, 15) is 26.3 Å². The average Bonchev–Trinajstić information content (AvgIpc) is 3.29. The molecule has 0 unspecified atom stereocenters. The van der Waals surface area contributed by atoms with Crippen molar-refractivity contribution < 1.29 is 0 Å². The Morgan fingerprint density at radius 1 is 0.306 bits per heavy atom. The van der Waals surface area contributed by atoms with Crippen LogP contribution < -0.4 is 0 Å². The zero-order valence-electron chi connectivity index (χ0n) is 44.8. The first-order valence-electron chi connectivity index (χ1n) is 24.4. The third-order valence-corrected chi connectivity index (χ3v) is 13.4. The summed E-state index contributed by atoms with van der Waals surface area (Å²) >= 11 is 0. The van der Waals surface area contributed by atoms with Gasteiger partial charge in [0.25, 0.3) is 0 Å². The lowest BCUT2D eigenvalue weighted by atomic mass is 9.82. The standard InChI is InChI=1S/C66H65N5Si/c1-63(2,3)59-30-45-21-51(35-59)56(40-69)28-47-23-53(37-61(32-47)65(7,8)9)58(42-71)29-48-24-52(36-62(33-48)66(10,11)12)57(41-70)27-46-22-50(34-60(31-46)64(4,5)6)55(39-68)25-44-18-43(16-17-72(13,14)15)19-49(20-44)54(26-45)38-67/h18-37H,1-15H3/b54-26+,55-25+,56-28+,57-27+,58-29+. The minimum atomic E-state index is -1.83. The predicted octanol–water partition coefficient (Wildman–Crippen LogP) is 16.7. The lowest BCUT2D eigenvalue weighted by Crippen LogP contribution is -2.16. The van der Waals surface area contributed by atoms with Gasteiger partial charge < -0.3 is 0 Å². The average molecular weight is 956 g/mol. The molecular formula is C66H65N5Si. The summed E-state index contributed by atoms with van der Waals surface area (Å²) in [7, 11) is -1.83. The highest BCUT2D eigenvalue weighted by molar-refractivity contribution is 6.83. The van der Waals surface area contributed by atoms with Crippen molar-refractivity contribution in [2.24, 2.45) is 0 Å². The smallest absolute Gasteiger partial charge is 0.129 e. The minimum Gasteiger partial charge on any atom is -0.192 e. The first-order valence-corrected chi connectivity index (χ1v) is 27.9. The van der Waals surface area contributed by atoms with Crippen LogP contribution >= 0.6 is 0 Å².